The fourth-order valence-electron chi connectivity index (χ4n) is 2.41. The van der Waals surface area contributed by atoms with Gasteiger partial charge in [-0.3, -0.25) is 4.79 Å². The van der Waals surface area contributed by atoms with Gasteiger partial charge in [0.15, 0.2) is 0 Å². The van der Waals surface area contributed by atoms with Crippen molar-refractivity contribution in [2.45, 2.75) is 6.42 Å². The Morgan fingerprint density at radius 3 is 2.93 bits per heavy atom. The number of carbonyl (C=O) groups is 1. The van der Waals surface area contributed by atoms with Crippen LogP contribution in [-0.2, 0) is 6.42 Å². The molecule has 0 aliphatic rings. The number of hydrogen-bond donors (Lipinski definition) is 3. The molecule has 0 spiro atoms. The average Bonchev–Trinajstić information content (AvgIpc) is 3.17. The highest BCUT2D eigenvalue weighted by atomic mass is 79.9. The Morgan fingerprint density at radius 2 is 2.15 bits per heavy atom. The predicted octanol–water partition coefficient (Wildman–Crippen LogP) is 4.57. The topological polar surface area (TPSA) is 82.2 Å². The third kappa shape index (κ3) is 5.42. The van der Waals surface area contributed by atoms with E-state index in [1.807, 2.05) is 18.2 Å². The van der Waals surface area contributed by atoms with Gasteiger partial charge in [0, 0.05) is 39.9 Å². The summed E-state index contributed by atoms with van der Waals surface area (Å²) in [6, 6.07) is 12.4. The van der Waals surface area contributed by atoms with Crippen molar-refractivity contribution < 1.29 is 4.79 Å². The molecule has 1 heterocycles. The van der Waals surface area contributed by atoms with Crippen LogP contribution < -0.4 is 10.6 Å². The number of aromatic amines is 1. The van der Waals surface area contributed by atoms with Crippen LogP contribution in [0.5, 0.6) is 0 Å². The van der Waals surface area contributed by atoms with Crippen molar-refractivity contribution in [3.8, 4) is 0 Å². The van der Waals surface area contributed by atoms with Crippen molar-refractivity contribution in [2.24, 2.45) is 4.99 Å². The molecule has 0 aliphatic heterocycles. The third-order valence-corrected chi connectivity index (χ3v) is 4.62. The van der Waals surface area contributed by atoms with E-state index in [-0.39, 0.29) is 5.91 Å². The Kier molecular flexibility index (Phi) is 6.62. The van der Waals surface area contributed by atoms with Gasteiger partial charge in [0.25, 0.3) is 5.91 Å². The zero-order valence-electron chi connectivity index (χ0n) is 14.2. The highest BCUT2D eigenvalue weighted by Gasteiger charge is 2.07. The van der Waals surface area contributed by atoms with E-state index in [4.69, 9.17) is 11.6 Å². The number of carbonyl (C=O) groups excluding carboxylic acids is 1. The van der Waals surface area contributed by atoms with Gasteiger partial charge in [-0.1, -0.05) is 23.7 Å². The number of halogens is 2. The molecule has 8 heteroatoms. The SMILES string of the molecule is O=C(NC=Nc1cccc(Br)c1NCCc1cnc[nH]1)c1cccc(Cl)c1. The zero-order valence-corrected chi connectivity index (χ0v) is 16.6. The molecule has 138 valence electrons. The number of aliphatic imine (C=N–C) groups is 1. The summed E-state index contributed by atoms with van der Waals surface area (Å²) in [4.78, 5) is 23.6. The highest BCUT2D eigenvalue weighted by molar-refractivity contribution is 9.10. The number of nitrogens with zero attached hydrogens (tertiary/aromatic N) is 2. The summed E-state index contributed by atoms with van der Waals surface area (Å²) in [5.74, 6) is -0.273. The van der Waals surface area contributed by atoms with E-state index in [9.17, 15) is 4.79 Å². The number of hydrogen-bond acceptors (Lipinski definition) is 4. The van der Waals surface area contributed by atoms with Crippen LogP contribution in [0.15, 0.2) is 64.5 Å². The average molecular weight is 447 g/mol. The van der Waals surface area contributed by atoms with E-state index in [1.165, 1.54) is 6.34 Å². The smallest absolute Gasteiger partial charge is 0.256 e. The third-order valence-electron chi connectivity index (χ3n) is 3.73. The van der Waals surface area contributed by atoms with Crippen molar-refractivity contribution in [1.29, 1.82) is 0 Å². The number of amides is 1. The lowest BCUT2D eigenvalue weighted by Gasteiger charge is -2.11. The Morgan fingerprint density at radius 1 is 1.30 bits per heavy atom. The summed E-state index contributed by atoms with van der Waals surface area (Å²) in [5, 5.41) is 6.52. The molecule has 0 aliphatic carbocycles. The van der Waals surface area contributed by atoms with Gasteiger partial charge >= 0.3 is 0 Å². The Labute approximate surface area is 170 Å². The number of anilines is 1. The van der Waals surface area contributed by atoms with E-state index < -0.39 is 0 Å². The van der Waals surface area contributed by atoms with Crippen LogP contribution in [0.3, 0.4) is 0 Å². The number of nitrogens with one attached hydrogen (secondary N) is 3. The second kappa shape index (κ2) is 9.34. The molecule has 3 aromatic rings. The van der Waals surface area contributed by atoms with Crippen molar-refractivity contribution in [2.75, 3.05) is 11.9 Å². The van der Waals surface area contributed by atoms with Crippen LogP contribution in [0.1, 0.15) is 16.1 Å². The summed E-state index contributed by atoms with van der Waals surface area (Å²) in [5.41, 5.74) is 3.08. The first-order valence-electron chi connectivity index (χ1n) is 8.22. The lowest BCUT2D eigenvalue weighted by molar-refractivity contribution is 0.0978. The van der Waals surface area contributed by atoms with Crippen LogP contribution in [-0.4, -0.2) is 28.8 Å². The molecule has 1 amide bonds. The van der Waals surface area contributed by atoms with E-state index in [0.29, 0.717) is 22.8 Å². The van der Waals surface area contributed by atoms with Gasteiger partial charge in [0.2, 0.25) is 0 Å². The van der Waals surface area contributed by atoms with Crippen molar-refractivity contribution in [3.63, 3.8) is 0 Å². The first-order valence-corrected chi connectivity index (χ1v) is 9.39. The first-order chi connectivity index (χ1) is 13.1. The van der Waals surface area contributed by atoms with Crippen molar-refractivity contribution >= 4 is 51.2 Å². The lowest BCUT2D eigenvalue weighted by atomic mass is 10.2. The molecule has 0 saturated heterocycles. The lowest BCUT2D eigenvalue weighted by Crippen LogP contribution is -2.21. The molecular formula is C19H17BrClN5O. The highest BCUT2D eigenvalue weighted by Crippen LogP contribution is 2.32. The quantitative estimate of drug-likeness (QED) is 0.367. The predicted molar refractivity (Wildman–Crippen MR) is 112 cm³/mol. The molecule has 1 aromatic heterocycles. The van der Waals surface area contributed by atoms with Crippen molar-refractivity contribution in [1.82, 2.24) is 15.3 Å². The van der Waals surface area contributed by atoms with Crippen LogP contribution in [0, 0.1) is 0 Å². The number of imidazole rings is 1. The van der Waals surface area contributed by atoms with E-state index in [2.05, 4.69) is 41.5 Å². The van der Waals surface area contributed by atoms with E-state index in [1.54, 1.807) is 36.8 Å². The van der Waals surface area contributed by atoms with Crippen LogP contribution >= 0.6 is 27.5 Å². The number of benzene rings is 2. The molecule has 3 N–H and O–H groups in total. The second-order valence-electron chi connectivity index (χ2n) is 5.63. The van der Waals surface area contributed by atoms with E-state index >= 15 is 0 Å². The molecule has 27 heavy (non-hydrogen) atoms. The monoisotopic (exact) mass is 445 g/mol. The van der Waals surface area contributed by atoms with Crippen LogP contribution in [0.25, 0.3) is 0 Å². The van der Waals surface area contributed by atoms with Crippen LogP contribution in [0.2, 0.25) is 5.02 Å². The minimum absolute atomic E-state index is 0.273. The fraction of sp³-hybridized carbons (Fsp3) is 0.105. The van der Waals surface area contributed by atoms with Gasteiger partial charge in [-0.2, -0.15) is 0 Å². The van der Waals surface area contributed by atoms with Gasteiger partial charge < -0.3 is 15.6 Å². The van der Waals surface area contributed by atoms with Gasteiger partial charge in [-0.05, 0) is 46.3 Å². The molecular weight excluding hydrogens is 430 g/mol. The van der Waals surface area contributed by atoms with Gasteiger partial charge in [-0.25, -0.2) is 9.98 Å². The molecule has 3 rings (SSSR count). The maximum absolute atomic E-state index is 12.1. The summed E-state index contributed by atoms with van der Waals surface area (Å²) >= 11 is 9.44. The maximum Gasteiger partial charge on any atom is 0.256 e. The van der Waals surface area contributed by atoms with Crippen molar-refractivity contribution in [3.05, 3.63) is 75.7 Å². The standard InChI is InChI=1S/C19H17BrClN5O/c20-16-5-2-6-17(18(16)23-8-7-15-10-22-11-24-15)25-12-26-19(27)13-3-1-4-14(21)9-13/h1-6,9-12,23H,7-8H2,(H,22,24)(H,25,26,27). The molecule has 6 nitrogen and oxygen atoms in total. The molecule has 0 saturated carbocycles. The summed E-state index contributed by atoms with van der Waals surface area (Å²) in [6.07, 6.45) is 5.64. The Bertz CT molecular complexity index is 943. The minimum atomic E-state index is -0.273. The summed E-state index contributed by atoms with van der Waals surface area (Å²) in [7, 11) is 0. The fourth-order valence-corrected chi connectivity index (χ4v) is 3.10. The van der Waals surface area contributed by atoms with Gasteiger partial charge in [-0.15, -0.1) is 0 Å². The minimum Gasteiger partial charge on any atom is -0.382 e. The Hall–Kier alpha value is -2.64. The van der Waals surface area contributed by atoms with E-state index in [0.717, 1.165) is 22.3 Å². The number of aromatic nitrogens is 2. The molecule has 0 bridgehead atoms. The largest absolute Gasteiger partial charge is 0.382 e. The first kappa shape index (κ1) is 19.1. The summed E-state index contributed by atoms with van der Waals surface area (Å²) < 4.78 is 0.892. The molecule has 0 atom stereocenters. The normalized spacial score (nSPS) is 10.9. The second-order valence-corrected chi connectivity index (χ2v) is 6.92. The number of H-pyrrole nitrogens is 1. The summed E-state index contributed by atoms with van der Waals surface area (Å²) in [6.45, 7) is 0.711. The molecule has 0 unspecified atom stereocenters. The zero-order chi connectivity index (χ0) is 19.1. The number of para-hydroxylation sites is 1. The number of rotatable bonds is 7. The van der Waals surface area contributed by atoms with Gasteiger partial charge in [0.1, 0.15) is 0 Å². The molecule has 0 fully saturated rings. The van der Waals surface area contributed by atoms with Gasteiger partial charge in [0.05, 0.1) is 24.0 Å². The maximum atomic E-state index is 12.1. The van der Waals surface area contributed by atoms with Crippen LogP contribution in [0.4, 0.5) is 11.4 Å². The molecule has 0 radical (unpaired) electrons. The Balaban J connectivity index is 1.64. The molecule has 2 aromatic carbocycles.